The SMILES string of the molecule is CN=C(NCc1ccnn1C)Nc1cccc(OCCCOC)c1.I. The minimum Gasteiger partial charge on any atom is -0.493 e. The van der Waals surface area contributed by atoms with Crippen molar-refractivity contribution in [2.75, 3.05) is 32.7 Å². The van der Waals surface area contributed by atoms with Crippen LogP contribution in [0.1, 0.15) is 12.1 Å². The number of nitrogens with one attached hydrogen (secondary N) is 2. The Morgan fingerprint density at radius 1 is 1.28 bits per heavy atom. The molecule has 0 amide bonds. The van der Waals surface area contributed by atoms with Crippen molar-refractivity contribution < 1.29 is 9.47 Å². The number of halogens is 1. The number of guanidine groups is 1. The van der Waals surface area contributed by atoms with Crippen LogP contribution in [0, 0.1) is 0 Å². The van der Waals surface area contributed by atoms with Crippen molar-refractivity contribution in [3.8, 4) is 5.75 Å². The highest BCUT2D eigenvalue weighted by Gasteiger charge is 2.03. The summed E-state index contributed by atoms with van der Waals surface area (Å²) in [5.41, 5.74) is 1.99. The minimum absolute atomic E-state index is 0. The summed E-state index contributed by atoms with van der Waals surface area (Å²) < 4.78 is 12.5. The first-order valence-corrected chi connectivity index (χ1v) is 7.89. The second-order valence-corrected chi connectivity index (χ2v) is 5.22. The van der Waals surface area contributed by atoms with Gasteiger partial charge in [0, 0.05) is 52.2 Å². The monoisotopic (exact) mass is 459 g/mol. The van der Waals surface area contributed by atoms with Crippen LogP contribution in [0.15, 0.2) is 41.5 Å². The highest BCUT2D eigenvalue weighted by molar-refractivity contribution is 14.0. The lowest BCUT2D eigenvalue weighted by Crippen LogP contribution is -2.30. The molecule has 1 aromatic carbocycles. The molecule has 0 aliphatic carbocycles. The van der Waals surface area contributed by atoms with Crippen LogP contribution >= 0.6 is 24.0 Å². The van der Waals surface area contributed by atoms with Gasteiger partial charge >= 0.3 is 0 Å². The van der Waals surface area contributed by atoms with Gasteiger partial charge in [-0.15, -0.1) is 24.0 Å². The fraction of sp³-hybridized carbons (Fsp3) is 0.412. The molecular weight excluding hydrogens is 433 g/mol. The molecule has 2 rings (SSSR count). The Morgan fingerprint density at radius 2 is 2.12 bits per heavy atom. The van der Waals surface area contributed by atoms with Gasteiger partial charge in [0.2, 0.25) is 0 Å². The lowest BCUT2D eigenvalue weighted by Gasteiger charge is -2.13. The van der Waals surface area contributed by atoms with Crippen LogP contribution in [0.4, 0.5) is 5.69 Å². The van der Waals surface area contributed by atoms with Gasteiger partial charge in [0.25, 0.3) is 0 Å². The summed E-state index contributed by atoms with van der Waals surface area (Å²) in [7, 11) is 5.34. The van der Waals surface area contributed by atoms with Crippen molar-refractivity contribution >= 4 is 35.6 Å². The lowest BCUT2D eigenvalue weighted by molar-refractivity contribution is 0.172. The van der Waals surface area contributed by atoms with E-state index >= 15 is 0 Å². The molecule has 7 nitrogen and oxygen atoms in total. The molecule has 0 radical (unpaired) electrons. The van der Waals surface area contributed by atoms with Crippen LogP contribution in [0.3, 0.4) is 0 Å². The fourth-order valence-electron chi connectivity index (χ4n) is 2.12. The molecule has 2 aromatic rings. The molecule has 0 fully saturated rings. The van der Waals surface area contributed by atoms with Gasteiger partial charge in [0.1, 0.15) is 5.75 Å². The number of anilines is 1. The molecule has 0 unspecified atom stereocenters. The molecule has 0 atom stereocenters. The van der Waals surface area contributed by atoms with E-state index in [0.29, 0.717) is 25.7 Å². The maximum absolute atomic E-state index is 5.71. The highest BCUT2D eigenvalue weighted by Crippen LogP contribution is 2.17. The van der Waals surface area contributed by atoms with Crippen molar-refractivity contribution in [2.24, 2.45) is 12.0 Å². The first-order valence-electron chi connectivity index (χ1n) is 7.89. The molecule has 0 aliphatic heterocycles. The number of aryl methyl sites for hydroxylation is 1. The van der Waals surface area contributed by atoms with Gasteiger partial charge < -0.3 is 20.1 Å². The smallest absolute Gasteiger partial charge is 0.195 e. The number of nitrogens with zero attached hydrogens (tertiary/aromatic N) is 3. The second-order valence-electron chi connectivity index (χ2n) is 5.22. The first kappa shape index (κ1) is 21.2. The van der Waals surface area contributed by atoms with E-state index in [1.165, 1.54) is 0 Å². The number of benzene rings is 1. The summed E-state index contributed by atoms with van der Waals surface area (Å²) in [6, 6.07) is 9.77. The predicted octanol–water partition coefficient (Wildman–Crippen LogP) is 2.64. The number of aromatic nitrogens is 2. The molecule has 1 aromatic heterocycles. The Morgan fingerprint density at radius 3 is 2.80 bits per heavy atom. The average molecular weight is 459 g/mol. The summed E-state index contributed by atoms with van der Waals surface area (Å²) in [6.07, 6.45) is 2.64. The Kier molecular flexibility index (Phi) is 9.93. The van der Waals surface area contributed by atoms with E-state index in [9.17, 15) is 0 Å². The Bertz CT molecular complexity index is 660. The Hall–Kier alpha value is -1.81. The largest absolute Gasteiger partial charge is 0.493 e. The lowest BCUT2D eigenvalue weighted by atomic mass is 10.3. The zero-order chi connectivity index (χ0) is 17.2. The highest BCUT2D eigenvalue weighted by atomic mass is 127. The topological polar surface area (TPSA) is 72.7 Å². The second kappa shape index (κ2) is 11.7. The number of methoxy groups -OCH3 is 1. The van der Waals surface area contributed by atoms with E-state index in [1.807, 2.05) is 42.1 Å². The van der Waals surface area contributed by atoms with Crippen molar-refractivity contribution in [3.05, 3.63) is 42.2 Å². The summed E-state index contributed by atoms with van der Waals surface area (Å²) in [5, 5.41) is 10.7. The summed E-state index contributed by atoms with van der Waals surface area (Å²) in [5.74, 6) is 1.51. The van der Waals surface area contributed by atoms with E-state index in [4.69, 9.17) is 9.47 Å². The van der Waals surface area contributed by atoms with Gasteiger partial charge in [-0.25, -0.2) is 0 Å². The average Bonchev–Trinajstić information content (AvgIpc) is 3.01. The van der Waals surface area contributed by atoms with E-state index < -0.39 is 0 Å². The van der Waals surface area contributed by atoms with Gasteiger partial charge in [-0.05, 0) is 18.2 Å². The zero-order valence-electron chi connectivity index (χ0n) is 14.9. The zero-order valence-corrected chi connectivity index (χ0v) is 17.2. The van der Waals surface area contributed by atoms with Gasteiger partial charge in [-0.3, -0.25) is 9.67 Å². The van der Waals surface area contributed by atoms with Crippen LogP contribution in [-0.4, -0.2) is 43.1 Å². The van der Waals surface area contributed by atoms with Gasteiger partial charge in [0.05, 0.1) is 18.8 Å². The van der Waals surface area contributed by atoms with Crippen LogP contribution in [0.5, 0.6) is 5.75 Å². The molecule has 0 spiro atoms. The van der Waals surface area contributed by atoms with E-state index in [1.54, 1.807) is 20.4 Å². The number of aliphatic imine (C=N–C) groups is 1. The van der Waals surface area contributed by atoms with Crippen molar-refractivity contribution in [1.82, 2.24) is 15.1 Å². The number of ether oxygens (including phenoxy) is 2. The summed E-state index contributed by atoms with van der Waals surface area (Å²) >= 11 is 0. The normalized spacial score (nSPS) is 10.9. The van der Waals surface area contributed by atoms with E-state index in [2.05, 4.69) is 20.7 Å². The maximum atomic E-state index is 5.71. The molecule has 0 saturated heterocycles. The third-order valence-corrected chi connectivity index (χ3v) is 3.44. The fourth-order valence-corrected chi connectivity index (χ4v) is 2.12. The van der Waals surface area contributed by atoms with Crippen LogP contribution in [0.25, 0.3) is 0 Å². The van der Waals surface area contributed by atoms with Gasteiger partial charge in [0.15, 0.2) is 5.96 Å². The van der Waals surface area contributed by atoms with Crippen molar-refractivity contribution in [1.29, 1.82) is 0 Å². The van der Waals surface area contributed by atoms with E-state index in [0.717, 1.165) is 23.6 Å². The molecule has 1 heterocycles. The van der Waals surface area contributed by atoms with Gasteiger partial charge in [-0.1, -0.05) is 6.07 Å². The summed E-state index contributed by atoms with van der Waals surface area (Å²) in [6.45, 7) is 1.97. The quantitative estimate of drug-likeness (QED) is 0.275. The predicted molar refractivity (Wildman–Crippen MR) is 111 cm³/mol. The molecule has 25 heavy (non-hydrogen) atoms. The first-order chi connectivity index (χ1) is 11.7. The molecule has 0 bridgehead atoms. The molecule has 8 heteroatoms. The van der Waals surface area contributed by atoms with Crippen LogP contribution in [0.2, 0.25) is 0 Å². The Balaban J connectivity index is 0.00000312. The molecule has 2 N–H and O–H groups in total. The molecular formula is C17H26IN5O2. The van der Waals surface area contributed by atoms with Gasteiger partial charge in [-0.2, -0.15) is 5.10 Å². The number of hydrogen-bond acceptors (Lipinski definition) is 4. The molecule has 0 aliphatic rings. The Labute approximate surface area is 165 Å². The van der Waals surface area contributed by atoms with Crippen molar-refractivity contribution in [2.45, 2.75) is 13.0 Å². The maximum Gasteiger partial charge on any atom is 0.195 e. The number of rotatable bonds is 8. The minimum atomic E-state index is 0. The molecule has 138 valence electrons. The summed E-state index contributed by atoms with van der Waals surface area (Å²) in [4.78, 5) is 4.24. The van der Waals surface area contributed by atoms with Crippen LogP contribution in [-0.2, 0) is 18.3 Å². The third kappa shape index (κ3) is 7.30. The van der Waals surface area contributed by atoms with Crippen molar-refractivity contribution in [3.63, 3.8) is 0 Å². The molecule has 0 saturated carbocycles. The number of hydrogen-bond donors (Lipinski definition) is 2. The van der Waals surface area contributed by atoms with Crippen LogP contribution < -0.4 is 15.4 Å². The van der Waals surface area contributed by atoms with E-state index in [-0.39, 0.29) is 24.0 Å². The standard InChI is InChI=1S/C17H25N5O2.HI/c1-18-17(19-13-15-8-9-20-22(15)2)21-14-6-4-7-16(12-14)24-11-5-10-23-3;/h4,6-9,12H,5,10-11,13H2,1-3H3,(H2,18,19,21);1H. The third-order valence-electron chi connectivity index (χ3n) is 3.44.